The van der Waals surface area contributed by atoms with Crippen LogP contribution in [0.15, 0.2) is 0 Å². The second kappa shape index (κ2) is 5.17. The zero-order valence-corrected chi connectivity index (χ0v) is 10.8. The summed E-state index contributed by atoms with van der Waals surface area (Å²) in [6.07, 6.45) is 0.471. The molecule has 0 aliphatic rings. The number of carboxylic acid groups (broad SMARTS) is 1. The molecule has 0 bridgehead atoms. The van der Waals surface area contributed by atoms with Crippen LogP contribution in [0.5, 0.6) is 0 Å². The summed E-state index contributed by atoms with van der Waals surface area (Å²) in [5, 5.41) is 24.1. The number of carbonyl (C=O) groups is 1. The summed E-state index contributed by atoms with van der Waals surface area (Å²) in [6.45, 7) is 3.94. The molecule has 0 amide bonds. The van der Waals surface area contributed by atoms with Crippen molar-refractivity contribution < 1.29 is 9.90 Å². The molecule has 0 aliphatic heterocycles. The van der Waals surface area contributed by atoms with Crippen LogP contribution >= 0.6 is 11.5 Å². The third-order valence-electron chi connectivity index (χ3n) is 2.58. The van der Waals surface area contributed by atoms with E-state index in [2.05, 4.69) is 25.1 Å². The molecule has 0 aromatic carbocycles. The van der Waals surface area contributed by atoms with E-state index in [0.717, 1.165) is 10.6 Å². The van der Waals surface area contributed by atoms with Gasteiger partial charge in [0.05, 0.1) is 11.6 Å². The molecule has 0 saturated heterocycles. The number of carboxylic acids is 1. The molecule has 2 heterocycles. The molecule has 2 aromatic heterocycles. The zero-order chi connectivity index (χ0) is 13.1. The second-order valence-electron chi connectivity index (χ2n) is 3.94. The van der Waals surface area contributed by atoms with Gasteiger partial charge in [0.15, 0.2) is 5.82 Å². The van der Waals surface area contributed by atoms with Crippen LogP contribution in [-0.2, 0) is 11.3 Å². The van der Waals surface area contributed by atoms with E-state index in [9.17, 15) is 4.79 Å². The van der Waals surface area contributed by atoms with E-state index in [1.807, 2.05) is 6.92 Å². The molecule has 2 aromatic rings. The standard InChI is InChI=1S/C9H12N6O2S/c1-5(9(16)17)3-4-15-8(11-12-13-15)7-6(2)10-14-18-7/h5H,3-4H2,1-2H3,(H,16,17). The highest BCUT2D eigenvalue weighted by Crippen LogP contribution is 2.22. The zero-order valence-electron chi connectivity index (χ0n) is 9.94. The lowest BCUT2D eigenvalue weighted by Gasteiger charge is -2.06. The van der Waals surface area contributed by atoms with E-state index in [1.54, 1.807) is 11.6 Å². The number of aromatic nitrogens is 6. The number of rotatable bonds is 5. The van der Waals surface area contributed by atoms with Crippen LogP contribution in [0.4, 0.5) is 0 Å². The maximum Gasteiger partial charge on any atom is 0.306 e. The van der Waals surface area contributed by atoms with Crippen molar-refractivity contribution in [1.29, 1.82) is 0 Å². The van der Waals surface area contributed by atoms with Crippen LogP contribution in [0.1, 0.15) is 19.0 Å². The quantitative estimate of drug-likeness (QED) is 0.846. The lowest BCUT2D eigenvalue weighted by Crippen LogP contribution is -2.13. The monoisotopic (exact) mass is 268 g/mol. The van der Waals surface area contributed by atoms with Gasteiger partial charge in [-0.15, -0.1) is 10.2 Å². The molecule has 0 radical (unpaired) electrons. The fourth-order valence-electron chi connectivity index (χ4n) is 1.39. The second-order valence-corrected chi connectivity index (χ2v) is 4.70. The third kappa shape index (κ3) is 2.50. The average Bonchev–Trinajstić information content (AvgIpc) is 2.93. The van der Waals surface area contributed by atoms with Crippen molar-refractivity contribution in [2.24, 2.45) is 5.92 Å². The van der Waals surface area contributed by atoms with Gasteiger partial charge in [-0.05, 0) is 35.3 Å². The minimum absolute atomic E-state index is 0.428. The minimum atomic E-state index is -0.819. The van der Waals surface area contributed by atoms with Gasteiger partial charge >= 0.3 is 5.97 Å². The molecule has 2 rings (SSSR count). The summed E-state index contributed by atoms with van der Waals surface area (Å²) in [6, 6.07) is 0. The van der Waals surface area contributed by atoms with Gasteiger partial charge < -0.3 is 5.11 Å². The van der Waals surface area contributed by atoms with E-state index < -0.39 is 11.9 Å². The Morgan fingerprint density at radius 2 is 2.28 bits per heavy atom. The highest BCUT2D eigenvalue weighted by Gasteiger charge is 2.17. The summed E-state index contributed by atoms with van der Waals surface area (Å²) in [5.41, 5.74) is 0.766. The van der Waals surface area contributed by atoms with Crippen molar-refractivity contribution in [3.8, 4) is 10.7 Å². The predicted molar refractivity (Wildman–Crippen MR) is 62.9 cm³/mol. The first-order valence-electron chi connectivity index (χ1n) is 5.38. The summed E-state index contributed by atoms with van der Waals surface area (Å²) in [7, 11) is 0. The molecule has 1 N–H and O–H groups in total. The molecule has 8 nitrogen and oxygen atoms in total. The summed E-state index contributed by atoms with van der Waals surface area (Å²) >= 11 is 1.22. The van der Waals surface area contributed by atoms with E-state index >= 15 is 0 Å². The molecule has 0 fully saturated rings. The molecular formula is C9H12N6O2S. The smallest absolute Gasteiger partial charge is 0.306 e. The van der Waals surface area contributed by atoms with Crippen molar-refractivity contribution in [3.05, 3.63) is 5.69 Å². The van der Waals surface area contributed by atoms with Gasteiger partial charge in [-0.3, -0.25) is 4.79 Å². The maximum atomic E-state index is 10.7. The predicted octanol–water partition coefficient (Wildman–Crippen LogP) is 0.611. The molecule has 9 heteroatoms. The van der Waals surface area contributed by atoms with E-state index in [4.69, 9.17) is 5.11 Å². The van der Waals surface area contributed by atoms with Gasteiger partial charge in [-0.25, -0.2) is 4.68 Å². The fraction of sp³-hybridized carbons (Fsp3) is 0.556. The summed E-state index contributed by atoms with van der Waals surface area (Å²) < 4.78 is 5.42. The van der Waals surface area contributed by atoms with E-state index in [-0.39, 0.29) is 0 Å². The Morgan fingerprint density at radius 3 is 2.89 bits per heavy atom. The Labute approximate surface area is 107 Å². The number of tetrazole rings is 1. The first kappa shape index (κ1) is 12.6. The normalized spacial score (nSPS) is 12.6. The Balaban J connectivity index is 2.14. The molecular weight excluding hydrogens is 256 g/mol. The van der Waals surface area contributed by atoms with Gasteiger partial charge in [0.2, 0.25) is 0 Å². The highest BCUT2D eigenvalue weighted by molar-refractivity contribution is 7.09. The average molecular weight is 268 g/mol. The Hall–Kier alpha value is -1.90. The number of hydrogen-bond acceptors (Lipinski definition) is 7. The first-order valence-corrected chi connectivity index (χ1v) is 6.15. The molecule has 18 heavy (non-hydrogen) atoms. The summed E-state index contributed by atoms with van der Waals surface area (Å²) in [5.74, 6) is -0.664. The minimum Gasteiger partial charge on any atom is -0.481 e. The van der Waals surface area contributed by atoms with Crippen LogP contribution < -0.4 is 0 Å². The van der Waals surface area contributed by atoms with Crippen LogP contribution in [0.2, 0.25) is 0 Å². The lowest BCUT2D eigenvalue weighted by atomic mass is 10.1. The van der Waals surface area contributed by atoms with Crippen molar-refractivity contribution in [3.63, 3.8) is 0 Å². The van der Waals surface area contributed by atoms with Gasteiger partial charge in [0, 0.05) is 6.54 Å². The fourth-order valence-corrected chi connectivity index (χ4v) is 2.04. The molecule has 0 saturated carbocycles. The Bertz CT molecular complexity index is 551. The number of hydrogen-bond donors (Lipinski definition) is 1. The van der Waals surface area contributed by atoms with Gasteiger partial charge in [0.25, 0.3) is 0 Å². The lowest BCUT2D eigenvalue weighted by molar-refractivity contribution is -0.141. The highest BCUT2D eigenvalue weighted by atomic mass is 32.1. The van der Waals surface area contributed by atoms with Crippen molar-refractivity contribution in [2.75, 3.05) is 0 Å². The topological polar surface area (TPSA) is 107 Å². The SMILES string of the molecule is Cc1nnsc1-c1nnnn1CCC(C)C(=O)O. The van der Waals surface area contributed by atoms with Crippen LogP contribution in [-0.4, -0.2) is 40.9 Å². The molecule has 0 aliphatic carbocycles. The Morgan fingerprint density at radius 1 is 1.50 bits per heavy atom. The first-order chi connectivity index (χ1) is 8.59. The molecule has 1 atom stereocenters. The van der Waals surface area contributed by atoms with Crippen molar-refractivity contribution >= 4 is 17.5 Å². The van der Waals surface area contributed by atoms with Gasteiger partial charge in [0.1, 0.15) is 4.88 Å². The van der Waals surface area contributed by atoms with Crippen molar-refractivity contribution in [1.82, 2.24) is 29.8 Å². The van der Waals surface area contributed by atoms with Crippen LogP contribution in [0, 0.1) is 12.8 Å². The van der Waals surface area contributed by atoms with Crippen LogP contribution in [0.25, 0.3) is 10.7 Å². The molecule has 96 valence electrons. The number of aliphatic carboxylic acids is 1. The number of nitrogens with zero attached hydrogens (tertiary/aromatic N) is 6. The van der Waals surface area contributed by atoms with Crippen molar-refractivity contribution in [2.45, 2.75) is 26.8 Å². The molecule has 0 spiro atoms. The van der Waals surface area contributed by atoms with Crippen LogP contribution in [0.3, 0.4) is 0 Å². The number of aryl methyl sites for hydroxylation is 2. The Kier molecular flexibility index (Phi) is 3.60. The summed E-state index contributed by atoms with van der Waals surface area (Å²) in [4.78, 5) is 11.6. The van der Waals surface area contributed by atoms with E-state index in [0.29, 0.717) is 18.8 Å². The molecule has 1 unspecified atom stereocenters. The third-order valence-corrected chi connectivity index (χ3v) is 3.41. The van der Waals surface area contributed by atoms with E-state index in [1.165, 1.54) is 11.5 Å². The maximum absolute atomic E-state index is 10.7. The largest absolute Gasteiger partial charge is 0.481 e. The van der Waals surface area contributed by atoms with Gasteiger partial charge in [-0.2, -0.15) is 0 Å². The van der Waals surface area contributed by atoms with Gasteiger partial charge in [-0.1, -0.05) is 11.4 Å².